The highest BCUT2D eigenvalue weighted by Gasteiger charge is 2.44. The first-order chi connectivity index (χ1) is 10.9. The number of rotatable bonds is 3. The highest BCUT2D eigenvalue weighted by molar-refractivity contribution is 5.98. The molecule has 1 heterocycles. The van der Waals surface area contributed by atoms with Gasteiger partial charge in [0, 0.05) is 35.7 Å². The standard InChI is InChI=1S/C20H28N2O/c1-19(2,3)21-17-13-18(23)20(14-17)9-11-22(12-10-20)15-16-7-5-4-6-8-16/h4-8,13,21H,9-12,14-15H2,1-3H3. The summed E-state index contributed by atoms with van der Waals surface area (Å²) < 4.78 is 0. The third kappa shape index (κ3) is 3.84. The number of nitrogens with zero attached hydrogens (tertiary/aromatic N) is 1. The Balaban J connectivity index is 1.58. The summed E-state index contributed by atoms with van der Waals surface area (Å²) in [6, 6.07) is 10.6. The van der Waals surface area contributed by atoms with E-state index >= 15 is 0 Å². The number of allylic oxidation sites excluding steroid dienone is 2. The maximum Gasteiger partial charge on any atom is 0.164 e. The van der Waals surface area contributed by atoms with E-state index in [2.05, 4.69) is 61.3 Å². The number of nitrogens with one attached hydrogen (secondary N) is 1. The Morgan fingerprint density at radius 1 is 1.13 bits per heavy atom. The minimum atomic E-state index is -0.138. The summed E-state index contributed by atoms with van der Waals surface area (Å²) in [7, 11) is 0. The highest BCUT2D eigenvalue weighted by atomic mass is 16.1. The van der Waals surface area contributed by atoms with Crippen LogP contribution in [0, 0.1) is 5.41 Å². The Labute approximate surface area is 139 Å². The van der Waals surface area contributed by atoms with E-state index in [0.29, 0.717) is 5.78 Å². The highest BCUT2D eigenvalue weighted by Crippen LogP contribution is 2.43. The Hall–Kier alpha value is -1.61. The predicted octanol–water partition coefficient (Wildman–Crippen LogP) is 3.51. The van der Waals surface area contributed by atoms with Crippen molar-refractivity contribution in [2.24, 2.45) is 5.41 Å². The zero-order valence-corrected chi connectivity index (χ0v) is 14.6. The third-order valence-corrected chi connectivity index (χ3v) is 4.95. The van der Waals surface area contributed by atoms with E-state index in [1.54, 1.807) is 0 Å². The minimum absolute atomic E-state index is 0.0195. The van der Waals surface area contributed by atoms with E-state index < -0.39 is 0 Å². The predicted molar refractivity (Wildman–Crippen MR) is 94.0 cm³/mol. The molecule has 3 nitrogen and oxygen atoms in total. The van der Waals surface area contributed by atoms with Gasteiger partial charge in [-0.25, -0.2) is 0 Å². The van der Waals surface area contributed by atoms with Crippen LogP contribution in [0.1, 0.15) is 45.6 Å². The van der Waals surface area contributed by atoms with Crippen LogP contribution in [0.15, 0.2) is 42.1 Å². The van der Waals surface area contributed by atoms with Crippen molar-refractivity contribution in [1.29, 1.82) is 0 Å². The normalized spacial score (nSPS) is 21.5. The van der Waals surface area contributed by atoms with Gasteiger partial charge in [0.05, 0.1) is 0 Å². The van der Waals surface area contributed by atoms with Crippen LogP contribution in [0.3, 0.4) is 0 Å². The largest absolute Gasteiger partial charge is 0.384 e. The molecule has 1 aromatic rings. The van der Waals surface area contributed by atoms with Gasteiger partial charge in [-0.2, -0.15) is 0 Å². The van der Waals surface area contributed by atoms with Gasteiger partial charge >= 0.3 is 0 Å². The molecule has 124 valence electrons. The second-order valence-corrected chi connectivity index (χ2v) is 8.13. The molecule has 0 saturated carbocycles. The number of benzene rings is 1. The molecule has 0 aromatic heterocycles. The minimum Gasteiger partial charge on any atom is -0.384 e. The molecule has 1 N–H and O–H groups in total. The zero-order chi connectivity index (χ0) is 16.5. The van der Waals surface area contributed by atoms with Crippen molar-refractivity contribution in [1.82, 2.24) is 10.2 Å². The topological polar surface area (TPSA) is 32.3 Å². The fourth-order valence-electron chi connectivity index (χ4n) is 3.78. The van der Waals surface area contributed by atoms with Crippen molar-refractivity contribution in [2.75, 3.05) is 13.1 Å². The number of carbonyl (C=O) groups is 1. The first kappa shape index (κ1) is 16.3. The van der Waals surface area contributed by atoms with Crippen LogP contribution < -0.4 is 5.32 Å². The molecule has 0 radical (unpaired) electrons. The molecule has 1 aromatic carbocycles. The quantitative estimate of drug-likeness (QED) is 0.927. The van der Waals surface area contributed by atoms with E-state index in [9.17, 15) is 4.79 Å². The lowest BCUT2D eigenvalue weighted by Crippen LogP contribution is -2.42. The summed E-state index contributed by atoms with van der Waals surface area (Å²) in [5.74, 6) is 0.337. The second kappa shape index (κ2) is 6.12. The number of hydrogen-bond acceptors (Lipinski definition) is 3. The van der Waals surface area contributed by atoms with Crippen LogP contribution in [0.25, 0.3) is 0 Å². The molecule has 3 rings (SSSR count). The van der Waals surface area contributed by atoms with E-state index in [-0.39, 0.29) is 11.0 Å². The van der Waals surface area contributed by atoms with Crippen LogP contribution in [0.4, 0.5) is 0 Å². The molecule has 23 heavy (non-hydrogen) atoms. The SMILES string of the molecule is CC(C)(C)NC1=CC(=O)C2(CCN(Cc3ccccc3)CC2)C1. The first-order valence-electron chi connectivity index (χ1n) is 8.66. The smallest absolute Gasteiger partial charge is 0.164 e. The van der Waals surface area contributed by atoms with Gasteiger partial charge in [0.1, 0.15) is 0 Å². The van der Waals surface area contributed by atoms with Crippen LogP contribution in [-0.2, 0) is 11.3 Å². The Bertz CT molecular complexity index is 590. The maximum absolute atomic E-state index is 12.6. The van der Waals surface area contributed by atoms with Crippen molar-refractivity contribution >= 4 is 5.78 Å². The van der Waals surface area contributed by atoms with Gasteiger partial charge < -0.3 is 5.32 Å². The number of likely N-dealkylation sites (tertiary alicyclic amines) is 1. The first-order valence-corrected chi connectivity index (χ1v) is 8.66. The molecule has 1 saturated heterocycles. The van der Waals surface area contributed by atoms with Crippen molar-refractivity contribution in [3.05, 3.63) is 47.7 Å². The summed E-state index contributed by atoms with van der Waals surface area (Å²) in [6.45, 7) is 9.45. The van der Waals surface area contributed by atoms with E-state index in [1.807, 2.05) is 6.08 Å². The lowest BCUT2D eigenvalue weighted by molar-refractivity contribution is -0.125. The van der Waals surface area contributed by atoms with Crippen LogP contribution in [0.2, 0.25) is 0 Å². The van der Waals surface area contributed by atoms with Crippen LogP contribution >= 0.6 is 0 Å². The summed E-state index contributed by atoms with van der Waals surface area (Å²) in [5.41, 5.74) is 2.36. The number of carbonyl (C=O) groups excluding carboxylic acids is 1. The van der Waals surface area contributed by atoms with Gasteiger partial charge in [0.2, 0.25) is 0 Å². The molecule has 0 atom stereocenters. The maximum atomic E-state index is 12.6. The molecule has 3 heteroatoms. The van der Waals surface area contributed by atoms with Gasteiger partial charge in [-0.3, -0.25) is 9.69 Å². The lowest BCUT2D eigenvalue weighted by atomic mass is 9.75. The Morgan fingerprint density at radius 2 is 1.78 bits per heavy atom. The molecule has 2 aliphatic rings. The monoisotopic (exact) mass is 312 g/mol. The molecule has 1 fully saturated rings. The van der Waals surface area contributed by atoms with Gasteiger partial charge in [-0.05, 0) is 52.3 Å². The van der Waals surface area contributed by atoms with Crippen molar-refractivity contribution in [2.45, 2.75) is 52.1 Å². The Morgan fingerprint density at radius 3 is 2.39 bits per heavy atom. The lowest BCUT2D eigenvalue weighted by Gasteiger charge is -2.38. The van der Waals surface area contributed by atoms with E-state index in [4.69, 9.17) is 0 Å². The number of hydrogen-bond donors (Lipinski definition) is 1. The third-order valence-electron chi connectivity index (χ3n) is 4.95. The molecular formula is C20H28N2O. The molecule has 0 amide bonds. The molecule has 1 spiro atoms. The van der Waals surface area contributed by atoms with Gasteiger partial charge in [0.25, 0.3) is 0 Å². The summed E-state index contributed by atoms with van der Waals surface area (Å²) >= 11 is 0. The molecule has 1 aliphatic carbocycles. The fraction of sp³-hybridized carbons (Fsp3) is 0.550. The van der Waals surface area contributed by atoms with Crippen LogP contribution in [-0.4, -0.2) is 29.3 Å². The number of piperidine rings is 1. The summed E-state index contributed by atoms with van der Waals surface area (Å²) in [6.07, 6.45) is 4.70. The van der Waals surface area contributed by atoms with Crippen molar-refractivity contribution < 1.29 is 4.79 Å². The van der Waals surface area contributed by atoms with E-state index in [1.165, 1.54) is 5.56 Å². The molecule has 0 bridgehead atoms. The molecule has 0 unspecified atom stereocenters. The summed E-state index contributed by atoms with van der Waals surface area (Å²) in [4.78, 5) is 15.1. The number of ketones is 1. The fourth-order valence-corrected chi connectivity index (χ4v) is 3.78. The van der Waals surface area contributed by atoms with Crippen molar-refractivity contribution in [3.63, 3.8) is 0 Å². The summed E-state index contributed by atoms with van der Waals surface area (Å²) in [5, 5.41) is 3.50. The zero-order valence-electron chi connectivity index (χ0n) is 14.6. The van der Waals surface area contributed by atoms with Gasteiger partial charge in [-0.1, -0.05) is 30.3 Å². The second-order valence-electron chi connectivity index (χ2n) is 8.13. The Kier molecular flexibility index (Phi) is 4.33. The average Bonchev–Trinajstić information content (AvgIpc) is 2.76. The molecular weight excluding hydrogens is 284 g/mol. The van der Waals surface area contributed by atoms with Gasteiger partial charge in [0.15, 0.2) is 5.78 Å². The average molecular weight is 312 g/mol. The van der Waals surface area contributed by atoms with Crippen LogP contribution in [0.5, 0.6) is 0 Å². The van der Waals surface area contributed by atoms with E-state index in [0.717, 1.165) is 44.6 Å². The van der Waals surface area contributed by atoms with Gasteiger partial charge in [-0.15, -0.1) is 0 Å². The van der Waals surface area contributed by atoms with Crippen molar-refractivity contribution in [3.8, 4) is 0 Å². The molecule has 1 aliphatic heterocycles.